The molecule has 0 saturated carbocycles. The van der Waals surface area contributed by atoms with Crippen LogP contribution >= 0.6 is 0 Å². The van der Waals surface area contributed by atoms with Crippen LogP contribution in [0, 0.1) is 5.92 Å². The number of rotatable bonds is 6. The minimum absolute atomic E-state index is 0.170. The molecular weight excluding hydrogens is 282 g/mol. The van der Waals surface area contributed by atoms with Gasteiger partial charge >= 0.3 is 5.97 Å². The Kier molecular flexibility index (Phi) is 5.95. The lowest BCUT2D eigenvalue weighted by atomic mass is 9.98. The average molecular weight is 305 g/mol. The Balaban J connectivity index is 1.83. The van der Waals surface area contributed by atoms with Crippen molar-refractivity contribution in [2.75, 3.05) is 26.8 Å². The van der Waals surface area contributed by atoms with E-state index in [9.17, 15) is 9.59 Å². The third-order valence-corrected chi connectivity index (χ3v) is 4.10. The number of ether oxygens (including phenoxy) is 1. The van der Waals surface area contributed by atoms with Gasteiger partial charge in [-0.15, -0.1) is 0 Å². The highest BCUT2D eigenvalue weighted by atomic mass is 16.5. The van der Waals surface area contributed by atoms with Crippen molar-refractivity contribution in [3.8, 4) is 0 Å². The average Bonchev–Trinajstić information content (AvgIpc) is 2.53. The zero-order valence-corrected chi connectivity index (χ0v) is 13.0. The molecule has 0 spiro atoms. The summed E-state index contributed by atoms with van der Waals surface area (Å²) in [6.45, 7) is 2.32. The summed E-state index contributed by atoms with van der Waals surface area (Å²) in [5.41, 5.74) is 1.26. The fraction of sp³-hybridized carbons (Fsp3) is 0.529. The number of carbonyl (C=O) groups excluding carboxylic acids is 1. The van der Waals surface area contributed by atoms with Gasteiger partial charge in [0.25, 0.3) is 0 Å². The normalized spacial score (nSPS) is 18.2. The first-order valence-corrected chi connectivity index (χ1v) is 7.69. The number of carboxylic acids is 1. The molecule has 1 fully saturated rings. The van der Waals surface area contributed by atoms with Crippen LogP contribution in [0.15, 0.2) is 24.3 Å². The molecule has 0 radical (unpaired) electrons. The summed E-state index contributed by atoms with van der Waals surface area (Å²) in [7, 11) is 1.70. The maximum atomic E-state index is 12.3. The summed E-state index contributed by atoms with van der Waals surface area (Å²) >= 11 is 0. The van der Waals surface area contributed by atoms with Crippen molar-refractivity contribution in [1.29, 1.82) is 0 Å². The van der Waals surface area contributed by atoms with E-state index in [0.29, 0.717) is 25.4 Å². The van der Waals surface area contributed by atoms with Crippen molar-refractivity contribution in [3.63, 3.8) is 0 Å². The Labute approximate surface area is 130 Å². The number of amides is 1. The van der Waals surface area contributed by atoms with Gasteiger partial charge in [0.2, 0.25) is 5.91 Å². The Morgan fingerprint density at radius 1 is 1.32 bits per heavy atom. The van der Waals surface area contributed by atoms with Crippen molar-refractivity contribution in [1.82, 2.24) is 4.90 Å². The standard InChI is InChI=1S/C17H23NO4/c1-22-12-14-3-2-10-18(11-14)16(19)9-6-13-4-7-15(8-5-13)17(20)21/h4-5,7-8,14H,2-3,6,9-12H2,1H3,(H,20,21). The Bertz CT molecular complexity index is 510. The van der Waals surface area contributed by atoms with Crippen LogP contribution in [0.1, 0.15) is 35.2 Å². The predicted octanol–water partition coefficient (Wildman–Crippen LogP) is 2.20. The number of benzene rings is 1. The quantitative estimate of drug-likeness (QED) is 0.875. The molecule has 1 aromatic carbocycles. The molecule has 0 aliphatic carbocycles. The van der Waals surface area contributed by atoms with E-state index >= 15 is 0 Å². The monoisotopic (exact) mass is 305 g/mol. The molecule has 1 amide bonds. The molecule has 22 heavy (non-hydrogen) atoms. The third-order valence-electron chi connectivity index (χ3n) is 4.10. The summed E-state index contributed by atoms with van der Waals surface area (Å²) in [5, 5.41) is 8.86. The van der Waals surface area contributed by atoms with Gasteiger partial charge in [-0.25, -0.2) is 4.79 Å². The number of nitrogens with zero attached hydrogens (tertiary/aromatic N) is 1. The van der Waals surface area contributed by atoms with Crippen LogP contribution in [0.3, 0.4) is 0 Å². The number of piperidine rings is 1. The van der Waals surface area contributed by atoms with Gasteiger partial charge in [0.15, 0.2) is 0 Å². The first-order chi connectivity index (χ1) is 10.6. The lowest BCUT2D eigenvalue weighted by Gasteiger charge is -2.32. The van der Waals surface area contributed by atoms with Crippen LogP contribution in [0.2, 0.25) is 0 Å². The number of carbonyl (C=O) groups is 2. The molecule has 0 aromatic heterocycles. The summed E-state index contributed by atoms with van der Waals surface area (Å²) in [6, 6.07) is 6.72. The third kappa shape index (κ3) is 4.56. The van der Waals surface area contributed by atoms with Crippen LogP contribution in [0.5, 0.6) is 0 Å². The first kappa shape index (κ1) is 16.5. The number of methoxy groups -OCH3 is 1. The zero-order chi connectivity index (χ0) is 15.9. The van der Waals surface area contributed by atoms with Gasteiger partial charge in [0, 0.05) is 26.6 Å². The van der Waals surface area contributed by atoms with E-state index in [4.69, 9.17) is 9.84 Å². The molecule has 1 atom stereocenters. The number of aryl methyl sites for hydroxylation is 1. The summed E-state index contributed by atoms with van der Waals surface area (Å²) in [5.74, 6) is -0.319. The van der Waals surface area contributed by atoms with E-state index in [2.05, 4.69) is 0 Å². The second-order valence-corrected chi connectivity index (χ2v) is 5.81. The molecule has 5 heteroatoms. The molecule has 1 N–H and O–H groups in total. The second-order valence-electron chi connectivity index (χ2n) is 5.81. The number of carboxylic acid groups (broad SMARTS) is 1. The van der Waals surface area contributed by atoms with Crippen LogP contribution in [-0.4, -0.2) is 48.7 Å². The summed E-state index contributed by atoms with van der Waals surface area (Å²) in [4.78, 5) is 25.0. The van der Waals surface area contributed by atoms with Gasteiger partial charge in [-0.2, -0.15) is 0 Å². The molecule has 2 rings (SSSR count). The van der Waals surface area contributed by atoms with E-state index in [1.165, 1.54) is 0 Å². The van der Waals surface area contributed by atoms with Crippen molar-refractivity contribution in [2.45, 2.75) is 25.7 Å². The number of aromatic carboxylic acids is 1. The SMILES string of the molecule is COCC1CCCN(C(=O)CCc2ccc(C(=O)O)cc2)C1. The molecule has 0 bridgehead atoms. The first-order valence-electron chi connectivity index (χ1n) is 7.69. The highest BCUT2D eigenvalue weighted by Gasteiger charge is 2.23. The molecule has 1 unspecified atom stereocenters. The van der Waals surface area contributed by atoms with Gasteiger partial charge in [-0.05, 0) is 42.9 Å². The van der Waals surface area contributed by atoms with E-state index in [1.54, 1.807) is 31.4 Å². The number of hydrogen-bond acceptors (Lipinski definition) is 3. The number of likely N-dealkylation sites (tertiary alicyclic amines) is 1. The highest BCUT2D eigenvalue weighted by molar-refractivity contribution is 5.87. The van der Waals surface area contributed by atoms with Crippen LogP contribution in [-0.2, 0) is 16.0 Å². The lowest BCUT2D eigenvalue weighted by Crippen LogP contribution is -2.41. The predicted molar refractivity (Wildman–Crippen MR) is 82.9 cm³/mol. The van der Waals surface area contributed by atoms with Crippen molar-refractivity contribution in [2.24, 2.45) is 5.92 Å². The van der Waals surface area contributed by atoms with Crippen LogP contribution in [0.25, 0.3) is 0 Å². The molecule has 5 nitrogen and oxygen atoms in total. The molecule has 120 valence electrons. The Morgan fingerprint density at radius 2 is 2.05 bits per heavy atom. The van der Waals surface area contributed by atoms with Gasteiger partial charge < -0.3 is 14.7 Å². The van der Waals surface area contributed by atoms with E-state index in [0.717, 1.165) is 31.5 Å². The van der Waals surface area contributed by atoms with Crippen LogP contribution in [0.4, 0.5) is 0 Å². The van der Waals surface area contributed by atoms with Gasteiger partial charge in [-0.1, -0.05) is 12.1 Å². The van der Waals surface area contributed by atoms with E-state index in [1.807, 2.05) is 4.90 Å². The topological polar surface area (TPSA) is 66.8 Å². The minimum Gasteiger partial charge on any atom is -0.478 e. The van der Waals surface area contributed by atoms with Crippen LogP contribution < -0.4 is 0 Å². The van der Waals surface area contributed by atoms with Crippen molar-refractivity contribution >= 4 is 11.9 Å². The van der Waals surface area contributed by atoms with Gasteiger partial charge in [-0.3, -0.25) is 4.79 Å². The lowest BCUT2D eigenvalue weighted by molar-refractivity contribution is -0.133. The molecule has 1 aliphatic heterocycles. The molecular formula is C17H23NO4. The Morgan fingerprint density at radius 3 is 2.68 bits per heavy atom. The van der Waals surface area contributed by atoms with Gasteiger partial charge in [0.05, 0.1) is 12.2 Å². The zero-order valence-electron chi connectivity index (χ0n) is 13.0. The van der Waals surface area contributed by atoms with Crippen molar-refractivity contribution < 1.29 is 19.4 Å². The largest absolute Gasteiger partial charge is 0.478 e. The minimum atomic E-state index is -0.930. The second kappa shape index (κ2) is 7.94. The van der Waals surface area contributed by atoms with Gasteiger partial charge in [0.1, 0.15) is 0 Å². The smallest absolute Gasteiger partial charge is 0.335 e. The fourth-order valence-corrected chi connectivity index (χ4v) is 2.89. The van der Waals surface area contributed by atoms with E-state index < -0.39 is 5.97 Å². The fourth-order valence-electron chi connectivity index (χ4n) is 2.89. The van der Waals surface area contributed by atoms with E-state index in [-0.39, 0.29) is 11.5 Å². The summed E-state index contributed by atoms with van der Waals surface area (Å²) in [6.07, 6.45) is 3.26. The molecule has 1 heterocycles. The molecule has 1 aromatic rings. The highest BCUT2D eigenvalue weighted by Crippen LogP contribution is 2.18. The number of hydrogen-bond donors (Lipinski definition) is 1. The van der Waals surface area contributed by atoms with Crippen molar-refractivity contribution in [3.05, 3.63) is 35.4 Å². The molecule has 1 aliphatic rings. The summed E-state index contributed by atoms with van der Waals surface area (Å²) < 4.78 is 5.18. The molecule has 1 saturated heterocycles. The maximum Gasteiger partial charge on any atom is 0.335 e. The Hall–Kier alpha value is -1.88. The maximum absolute atomic E-state index is 12.3.